The molecule has 0 aliphatic rings. The van der Waals surface area contributed by atoms with Crippen LogP contribution in [-0.4, -0.2) is 24.9 Å². The molecule has 0 radical (unpaired) electrons. The molecule has 0 atom stereocenters. The van der Waals surface area contributed by atoms with Crippen LogP contribution in [0.5, 0.6) is 11.5 Å². The lowest BCUT2D eigenvalue weighted by molar-refractivity contribution is -0.115. The lowest BCUT2D eigenvalue weighted by atomic mass is 10.2. The average molecular weight is 345 g/mol. The van der Waals surface area contributed by atoms with Gasteiger partial charge in [-0.25, -0.2) is 0 Å². The maximum Gasteiger partial charge on any atom is 0.225 e. The second-order valence-electron chi connectivity index (χ2n) is 4.98. The first-order valence-corrected chi connectivity index (χ1v) is 9.08. The van der Waals surface area contributed by atoms with E-state index in [0.717, 1.165) is 11.5 Å². The van der Waals surface area contributed by atoms with E-state index in [0.29, 0.717) is 31.1 Å². The summed E-state index contributed by atoms with van der Waals surface area (Å²) in [6.07, 6.45) is 0.435. The Morgan fingerprint density at radius 1 is 1.04 bits per heavy atom. The third-order valence-corrected chi connectivity index (χ3v) is 4.19. The molecule has 4 nitrogen and oxygen atoms in total. The maximum absolute atomic E-state index is 12.2. The van der Waals surface area contributed by atoms with Crippen LogP contribution in [0.15, 0.2) is 53.4 Å². The number of hydrogen-bond acceptors (Lipinski definition) is 4. The number of nitrogens with one attached hydrogen (secondary N) is 1. The van der Waals surface area contributed by atoms with Gasteiger partial charge in [0.1, 0.15) is 11.5 Å². The predicted molar refractivity (Wildman–Crippen MR) is 99.2 cm³/mol. The van der Waals surface area contributed by atoms with Crippen LogP contribution in [0.1, 0.15) is 20.3 Å². The summed E-state index contributed by atoms with van der Waals surface area (Å²) >= 11 is 1.67. The summed E-state index contributed by atoms with van der Waals surface area (Å²) < 4.78 is 11.1. The fraction of sp³-hybridized carbons (Fsp3) is 0.316. The van der Waals surface area contributed by atoms with Crippen LogP contribution in [0.2, 0.25) is 0 Å². The van der Waals surface area contributed by atoms with Crippen LogP contribution in [0.3, 0.4) is 0 Å². The molecule has 1 N–H and O–H groups in total. The smallest absolute Gasteiger partial charge is 0.225 e. The molecule has 0 fully saturated rings. The quantitative estimate of drug-likeness (QED) is 0.675. The minimum atomic E-state index is -0.0342. The average Bonchev–Trinajstić information content (AvgIpc) is 2.58. The van der Waals surface area contributed by atoms with E-state index in [1.54, 1.807) is 17.8 Å². The highest BCUT2D eigenvalue weighted by Gasteiger charge is 2.10. The topological polar surface area (TPSA) is 47.6 Å². The second-order valence-corrected chi connectivity index (χ2v) is 6.15. The van der Waals surface area contributed by atoms with Crippen molar-refractivity contribution in [3.8, 4) is 11.5 Å². The van der Waals surface area contributed by atoms with Crippen molar-refractivity contribution >= 4 is 23.4 Å². The molecule has 0 heterocycles. The minimum absolute atomic E-state index is 0.0342. The van der Waals surface area contributed by atoms with Crippen molar-refractivity contribution in [3.05, 3.63) is 48.5 Å². The minimum Gasteiger partial charge on any atom is -0.494 e. The molecule has 0 saturated carbocycles. The Labute approximate surface area is 147 Å². The molecule has 0 bridgehead atoms. The molecular formula is C19H23NO3S. The Bertz CT molecular complexity index is 646. The summed E-state index contributed by atoms with van der Waals surface area (Å²) in [5.74, 6) is 2.07. The van der Waals surface area contributed by atoms with Crippen molar-refractivity contribution in [2.24, 2.45) is 0 Å². The summed E-state index contributed by atoms with van der Waals surface area (Å²) in [6, 6.07) is 15.5. The maximum atomic E-state index is 12.2. The van der Waals surface area contributed by atoms with E-state index in [4.69, 9.17) is 9.47 Å². The van der Waals surface area contributed by atoms with E-state index in [-0.39, 0.29) is 5.91 Å². The molecule has 0 aromatic heterocycles. The fourth-order valence-corrected chi connectivity index (χ4v) is 3.01. The number of thioether (sulfide) groups is 1. The van der Waals surface area contributed by atoms with Crippen molar-refractivity contribution in [2.45, 2.75) is 25.2 Å². The SMILES string of the molecule is CCOc1ccc(OCC)c(NC(=O)CCSc2ccccc2)c1. The number of hydrogen-bond donors (Lipinski definition) is 1. The van der Waals surface area contributed by atoms with Crippen LogP contribution in [0.25, 0.3) is 0 Å². The van der Waals surface area contributed by atoms with Crippen LogP contribution in [0.4, 0.5) is 5.69 Å². The van der Waals surface area contributed by atoms with Crippen molar-refractivity contribution in [2.75, 3.05) is 24.3 Å². The van der Waals surface area contributed by atoms with Crippen LogP contribution >= 0.6 is 11.8 Å². The highest BCUT2D eigenvalue weighted by molar-refractivity contribution is 7.99. The van der Waals surface area contributed by atoms with Gasteiger partial charge in [-0.1, -0.05) is 18.2 Å². The highest BCUT2D eigenvalue weighted by Crippen LogP contribution is 2.29. The normalized spacial score (nSPS) is 10.2. The first-order chi connectivity index (χ1) is 11.7. The van der Waals surface area contributed by atoms with Gasteiger partial charge in [-0.2, -0.15) is 0 Å². The fourth-order valence-electron chi connectivity index (χ4n) is 2.14. The molecule has 24 heavy (non-hydrogen) atoms. The summed E-state index contributed by atoms with van der Waals surface area (Å²) in [5, 5.41) is 2.92. The zero-order valence-corrected chi connectivity index (χ0v) is 14.9. The van der Waals surface area contributed by atoms with Crippen molar-refractivity contribution in [3.63, 3.8) is 0 Å². The Balaban J connectivity index is 1.92. The predicted octanol–water partition coefficient (Wildman–Crippen LogP) is 4.60. The van der Waals surface area contributed by atoms with Crippen molar-refractivity contribution in [1.29, 1.82) is 0 Å². The van der Waals surface area contributed by atoms with Gasteiger partial charge in [0.25, 0.3) is 0 Å². The number of carbonyl (C=O) groups excluding carboxylic acids is 1. The van der Waals surface area contributed by atoms with Gasteiger partial charge in [-0.15, -0.1) is 11.8 Å². The molecule has 1 amide bonds. The molecule has 128 valence electrons. The second kappa shape index (κ2) is 9.88. The van der Waals surface area contributed by atoms with Gasteiger partial charge in [-0.3, -0.25) is 4.79 Å². The third kappa shape index (κ3) is 5.81. The van der Waals surface area contributed by atoms with E-state index in [1.165, 1.54) is 4.90 Å². The standard InChI is InChI=1S/C19H23NO3S/c1-3-22-15-10-11-18(23-4-2)17(14-15)20-19(21)12-13-24-16-8-6-5-7-9-16/h5-11,14H,3-4,12-13H2,1-2H3,(H,20,21). The molecule has 2 rings (SSSR count). The van der Waals surface area contributed by atoms with Gasteiger partial charge in [0.15, 0.2) is 0 Å². The number of amides is 1. The Morgan fingerprint density at radius 2 is 1.79 bits per heavy atom. The van der Waals surface area contributed by atoms with Crippen molar-refractivity contribution in [1.82, 2.24) is 0 Å². The highest BCUT2D eigenvalue weighted by atomic mass is 32.2. The van der Waals surface area contributed by atoms with Crippen LogP contribution < -0.4 is 14.8 Å². The molecule has 0 aliphatic carbocycles. The van der Waals surface area contributed by atoms with Gasteiger partial charge in [0.05, 0.1) is 18.9 Å². The molecule has 2 aromatic carbocycles. The Hall–Kier alpha value is -2.14. The molecule has 0 aliphatic heterocycles. The van der Waals surface area contributed by atoms with Crippen LogP contribution in [0, 0.1) is 0 Å². The van der Waals surface area contributed by atoms with E-state index in [2.05, 4.69) is 5.32 Å². The monoisotopic (exact) mass is 345 g/mol. The molecular weight excluding hydrogens is 322 g/mol. The molecule has 0 saturated heterocycles. The van der Waals surface area contributed by atoms with Gasteiger partial charge < -0.3 is 14.8 Å². The van der Waals surface area contributed by atoms with Gasteiger partial charge >= 0.3 is 0 Å². The number of anilines is 1. The summed E-state index contributed by atoms with van der Waals surface area (Å²) in [5.41, 5.74) is 0.650. The Morgan fingerprint density at radius 3 is 2.50 bits per heavy atom. The lowest BCUT2D eigenvalue weighted by Gasteiger charge is -2.13. The molecule has 0 unspecified atom stereocenters. The van der Waals surface area contributed by atoms with Crippen molar-refractivity contribution < 1.29 is 14.3 Å². The number of rotatable bonds is 9. The molecule has 0 spiro atoms. The molecule has 2 aromatic rings. The number of carbonyl (C=O) groups is 1. The first-order valence-electron chi connectivity index (χ1n) is 8.10. The zero-order chi connectivity index (χ0) is 17.2. The molecule has 5 heteroatoms. The van der Waals surface area contributed by atoms with E-state index in [1.807, 2.05) is 56.3 Å². The van der Waals surface area contributed by atoms with Crippen LogP contribution in [-0.2, 0) is 4.79 Å². The van der Waals surface area contributed by atoms with E-state index >= 15 is 0 Å². The summed E-state index contributed by atoms with van der Waals surface area (Å²) in [7, 11) is 0. The van der Waals surface area contributed by atoms with Gasteiger partial charge in [0, 0.05) is 23.1 Å². The lowest BCUT2D eigenvalue weighted by Crippen LogP contribution is -2.13. The largest absolute Gasteiger partial charge is 0.494 e. The summed E-state index contributed by atoms with van der Waals surface area (Å²) in [6.45, 7) is 4.96. The Kier molecular flexibility index (Phi) is 7.49. The number of benzene rings is 2. The van der Waals surface area contributed by atoms with E-state index in [9.17, 15) is 4.79 Å². The first kappa shape index (κ1) is 18.2. The van der Waals surface area contributed by atoms with Gasteiger partial charge in [0.2, 0.25) is 5.91 Å². The number of ether oxygens (including phenoxy) is 2. The van der Waals surface area contributed by atoms with E-state index < -0.39 is 0 Å². The zero-order valence-electron chi connectivity index (χ0n) is 14.1. The van der Waals surface area contributed by atoms with Gasteiger partial charge in [-0.05, 0) is 38.1 Å². The summed E-state index contributed by atoms with van der Waals surface area (Å²) in [4.78, 5) is 13.4. The third-order valence-electron chi connectivity index (χ3n) is 3.18.